The molecule has 5 nitrogen and oxygen atoms in total. The van der Waals surface area contributed by atoms with E-state index in [0.29, 0.717) is 24.6 Å². The number of carbonyl (C=O) groups excluding carboxylic acids is 1. The van der Waals surface area contributed by atoms with E-state index in [0.717, 1.165) is 43.7 Å². The van der Waals surface area contributed by atoms with Gasteiger partial charge in [-0.3, -0.25) is 4.79 Å². The highest BCUT2D eigenvalue weighted by Crippen LogP contribution is 2.24. The number of halogens is 1. The van der Waals surface area contributed by atoms with Crippen LogP contribution in [0.3, 0.4) is 0 Å². The second-order valence-corrected chi connectivity index (χ2v) is 8.03. The summed E-state index contributed by atoms with van der Waals surface area (Å²) in [5, 5.41) is 11.2. The first-order valence-corrected chi connectivity index (χ1v) is 10.8. The molecule has 3 aromatic rings. The Balaban J connectivity index is 1.23. The Morgan fingerprint density at radius 2 is 1.68 bits per heavy atom. The number of nitrogens with one attached hydrogen (secondary N) is 1. The maximum absolute atomic E-state index is 12.9. The molecule has 4 rings (SSSR count). The first-order valence-electron chi connectivity index (χ1n) is 10.8. The van der Waals surface area contributed by atoms with E-state index >= 15 is 0 Å². The molecular weight excluding hydrogens is 391 g/mol. The van der Waals surface area contributed by atoms with Crippen molar-refractivity contribution in [2.75, 3.05) is 24.5 Å². The van der Waals surface area contributed by atoms with Crippen LogP contribution >= 0.6 is 0 Å². The van der Waals surface area contributed by atoms with Gasteiger partial charge in [0.2, 0.25) is 0 Å². The predicted octanol–water partition coefficient (Wildman–Crippen LogP) is 4.05. The number of benzene rings is 2. The normalized spacial score (nSPS) is 14.4. The molecule has 1 amide bonds. The minimum atomic E-state index is -0.261. The fraction of sp³-hybridized carbons (Fsp3) is 0.320. The fourth-order valence-corrected chi connectivity index (χ4v) is 3.99. The van der Waals surface area contributed by atoms with Gasteiger partial charge in [0.25, 0.3) is 5.91 Å². The molecule has 31 heavy (non-hydrogen) atoms. The number of rotatable bonds is 7. The van der Waals surface area contributed by atoms with Crippen molar-refractivity contribution >= 4 is 11.7 Å². The maximum Gasteiger partial charge on any atom is 0.271 e. The first-order chi connectivity index (χ1) is 15.2. The maximum atomic E-state index is 12.9. The topological polar surface area (TPSA) is 58.1 Å². The Morgan fingerprint density at radius 3 is 2.35 bits per heavy atom. The average molecular weight is 419 g/mol. The van der Waals surface area contributed by atoms with Crippen molar-refractivity contribution in [2.45, 2.75) is 25.7 Å². The summed E-state index contributed by atoms with van der Waals surface area (Å²) >= 11 is 0. The van der Waals surface area contributed by atoms with Gasteiger partial charge in [0.05, 0.1) is 0 Å². The Morgan fingerprint density at radius 1 is 0.935 bits per heavy atom. The zero-order valence-corrected chi connectivity index (χ0v) is 17.5. The third kappa shape index (κ3) is 5.87. The lowest BCUT2D eigenvalue weighted by molar-refractivity contribution is 0.0948. The highest BCUT2D eigenvalue weighted by Gasteiger charge is 2.21. The number of carbonyl (C=O) groups is 1. The van der Waals surface area contributed by atoms with Crippen LogP contribution in [0.5, 0.6) is 0 Å². The third-order valence-electron chi connectivity index (χ3n) is 5.80. The van der Waals surface area contributed by atoms with Crippen LogP contribution in [0.15, 0.2) is 66.7 Å². The van der Waals surface area contributed by atoms with E-state index in [2.05, 4.69) is 50.7 Å². The molecule has 0 bridgehead atoms. The summed E-state index contributed by atoms with van der Waals surface area (Å²) in [6.45, 7) is 2.37. The fourth-order valence-electron chi connectivity index (χ4n) is 3.99. The Labute approximate surface area is 182 Å². The van der Waals surface area contributed by atoms with E-state index in [4.69, 9.17) is 0 Å². The smallest absolute Gasteiger partial charge is 0.271 e. The standard InChI is InChI=1S/C25H27FN4O/c26-22-8-6-19(7-9-22)12-15-27-25(31)23-10-11-24(29-28-23)30-16-13-21(14-17-30)18-20-4-2-1-3-5-20/h1-11,21H,12-18H2,(H,27,31). The summed E-state index contributed by atoms with van der Waals surface area (Å²) in [6.07, 6.45) is 4.01. The minimum absolute atomic E-state index is 0.247. The first kappa shape index (κ1) is 21.0. The predicted molar refractivity (Wildman–Crippen MR) is 120 cm³/mol. The van der Waals surface area contributed by atoms with Crippen LogP contribution in [-0.2, 0) is 12.8 Å². The molecule has 1 fully saturated rings. The van der Waals surface area contributed by atoms with Crippen molar-refractivity contribution in [3.8, 4) is 0 Å². The molecule has 0 unspecified atom stereocenters. The number of nitrogens with zero attached hydrogens (tertiary/aromatic N) is 3. The van der Waals surface area contributed by atoms with Gasteiger partial charge in [-0.05, 0) is 67.0 Å². The molecule has 0 radical (unpaired) electrons. The van der Waals surface area contributed by atoms with E-state index in [-0.39, 0.29) is 11.7 Å². The van der Waals surface area contributed by atoms with Gasteiger partial charge >= 0.3 is 0 Å². The molecule has 160 valence electrons. The van der Waals surface area contributed by atoms with Gasteiger partial charge in [0.15, 0.2) is 11.5 Å². The number of amides is 1. The minimum Gasteiger partial charge on any atom is -0.355 e. The summed E-state index contributed by atoms with van der Waals surface area (Å²) in [5.74, 6) is 1.00. The summed E-state index contributed by atoms with van der Waals surface area (Å²) in [4.78, 5) is 14.5. The van der Waals surface area contributed by atoms with Gasteiger partial charge in [0.1, 0.15) is 5.82 Å². The van der Waals surface area contributed by atoms with Gasteiger partial charge in [-0.15, -0.1) is 10.2 Å². The number of anilines is 1. The molecule has 2 heterocycles. The number of hydrogen-bond acceptors (Lipinski definition) is 4. The van der Waals surface area contributed by atoms with Crippen molar-refractivity contribution < 1.29 is 9.18 Å². The Kier molecular flexibility index (Phi) is 6.87. The summed E-state index contributed by atoms with van der Waals surface area (Å²) < 4.78 is 12.9. The molecule has 1 N–H and O–H groups in total. The summed E-state index contributed by atoms with van der Waals surface area (Å²) in [6, 6.07) is 20.5. The van der Waals surface area contributed by atoms with Crippen LogP contribution in [-0.4, -0.2) is 35.7 Å². The largest absolute Gasteiger partial charge is 0.355 e. The lowest BCUT2D eigenvalue weighted by Gasteiger charge is -2.32. The van der Waals surface area contributed by atoms with Crippen molar-refractivity contribution in [3.05, 3.63) is 89.4 Å². The van der Waals surface area contributed by atoms with Gasteiger partial charge in [0, 0.05) is 19.6 Å². The Bertz CT molecular complexity index is 969. The molecule has 6 heteroatoms. The zero-order chi connectivity index (χ0) is 21.5. The molecule has 1 aliphatic rings. The molecule has 1 aromatic heterocycles. The van der Waals surface area contributed by atoms with Crippen LogP contribution < -0.4 is 10.2 Å². The van der Waals surface area contributed by atoms with E-state index < -0.39 is 0 Å². The molecule has 0 atom stereocenters. The average Bonchev–Trinajstić information content (AvgIpc) is 2.82. The van der Waals surface area contributed by atoms with Crippen molar-refractivity contribution in [2.24, 2.45) is 5.92 Å². The quantitative estimate of drug-likeness (QED) is 0.629. The van der Waals surface area contributed by atoms with Gasteiger partial charge < -0.3 is 10.2 Å². The molecule has 1 saturated heterocycles. The lowest BCUT2D eigenvalue weighted by atomic mass is 9.90. The monoisotopic (exact) mass is 418 g/mol. The molecule has 0 saturated carbocycles. The van der Waals surface area contributed by atoms with Gasteiger partial charge in [-0.25, -0.2) is 4.39 Å². The van der Waals surface area contributed by atoms with Gasteiger partial charge in [-0.2, -0.15) is 0 Å². The summed E-state index contributed by atoms with van der Waals surface area (Å²) in [5.41, 5.74) is 2.68. The van der Waals surface area contributed by atoms with E-state index in [9.17, 15) is 9.18 Å². The highest BCUT2D eigenvalue weighted by atomic mass is 19.1. The van der Waals surface area contributed by atoms with Crippen LogP contribution in [0.4, 0.5) is 10.2 Å². The number of piperidine rings is 1. The van der Waals surface area contributed by atoms with Crippen LogP contribution in [0.25, 0.3) is 0 Å². The van der Waals surface area contributed by atoms with Crippen LogP contribution in [0.1, 0.15) is 34.5 Å². The van der Waals surface area contributed by atoms with Gasteiger partial charge in [-0.1, -0.05) is 42.5 Å². The van der Waals surface area contributed by atoms with Crippen molar-refractivity contribution in [1.82, 2.24) is 15.5 Å². The van der Waals surface area contributed by atoms with Crippen molar-refractivity contribution in [1.29, 1.82) is 0 Å². The molecule has 2 aromatic carbocycles. The second kappa shape index (κ2) is 10.2. The molecule has 0 aliphatic carbocycles. The molecule has 1 aliphatic heterocycles. The number of hydrogen-bond donors (Lipinski definition) is 1. The van der Waals surface area contributed by atoms with Crippen LogP contribution in [0, 0.1) is 11.7 Å². The Hall–Kier alpha value is -3.28. The second-order valence-electron chi connectivity index (χ2n) is 8.03. The number of aromatic nitrogens is 2. The summed E-state index contributed by atoms with van der Waals surface area (Å²) in [7, 11) is 0. The van der Waals surface area contributed by atoms with Crippen LogP contribution in [0.2, 0.25) is 0 Å². The highest BCUT2D eigenvalue weighted by molar-refractivity contribution is 5.92. The van der Waals surface area contributed by atoms with E-state index in [1.165, 1.54) is 17.7 Å². The van der Waals surface area contributed by atoms with E-state index in [1.807, 2.05) is 6.07 Å². The van der Waals surface area contributed by atoms with E-state index in [1.54, 1.807) is 18.2 Å². The van der Waals surface area contributed by atoms with Crippen molar-refractivity contribution in [3.63, 3.8) is 0 Å². The molecule has 0 spiro atoms. The molecular formula is C25H27FN4O. The lowest BCUT2D eigenvalue weighted by Crippen LogP contribution is -2.35. The zero-order valence-electron chi connectivity index (χ0n) is 17.5. The SMILES string of the molecule is O=C(NCCc1ccc(F)cc1)c1ccc(N2CCC(Cc3ccccc3)CC2)nn1. The third-order valence-corrected chi connectivity index (χ3v) is 5.80.